The molecule has 5 nitrogen and oxygen atoms in total. The molecule has 2 heterocycles. The van der Waals surface area contributed by atoms with Crippen LogP contribution < -0.4 is 11.1 Å². The Morgan fingerprint density at radius 3 is 2.83 bits per heavy atom. The molecule has 2 aromatic rings. The molecular weight excluding hydrogens is 322 g/mol. The first-order chi connectivity index (χ1) is 11.7. The van der Waals surface area contributed by atoms with Crippen LogP contribution in [0, 0.1) is 0 Å². The molecule has 3 N–H and O–H groups in total. The molecule has 3 aliphatic carbocycles. The molecule has 2 aromatic heterocycles. The molecule has 2 fully saturated rings. The Bertz CT molecular complexity index is 792. The summed E-state index contributed by atoms with van der Waals surface area (Å²) >= 11 is 6.39. The zero-order chi connectivity index (χ0) is 16.3. The minimum absolute atomic E-state index is 0.285. The lowest BCUT2D eigenvalue weighted by atomic mass is 9.83. The van der Waals surface area contributed by atoms with Gasteiger partial charge in [-0.1, -0.05) is 24.4 Å². The molecule has 0 saturated heterocycles. The van der Waals surface area contributed by atoms with Gasteiger partial charge in [0.2, 0.25) is 0 Å². The van der Waals surface area contributed by atoms with Crippen LogP contribution in [0.1, 0.15) is 62.6 Å². The van der Waals surface area contributed by atoms with Crippen LogP contribution >= 0.6 is 11.6 Å². The van der Waals surface area contributed by atoms with Gasteiger partial charge in [0.05, 0.1) is 11.9 Å². The van der Waals surface area contributed by atoms with Gasteiger partial charge in [0, 0.05) is 23.1 Å². The van der Waals surface area contributed by atoms with Crippen molar-refractivity contribution in [3.63, 3.8) is 0 Å². The molecule has 1 spiro atoms. The van der Waals surface area contributed by atoms with Crippen LogP contribution in [0.3, 0.4) is 0 Å². The molecular formula is C18H24ClN5. The molecule has 2 atom stereocenters. The van der Waals surface area contributed by atoms with Gasteiger partial charge in [-0.05, 0) is 44.9 Å². The third kappa shape index (κ3) is 2.10. The number of halogens is 1. The smallest absolute Gasteiger partial charge is 0.176 e. The second-order valence-corrected chi connectivity index (χ2v) is 8.32. The van der Waals surface area contributed by atoms with Crippen LogP contribution in [0.15, 0.2) is 6.20 Å². The Morgan fingerprint density at radius 2 is 2.08 bits per heavy atom. The van der Waals surface area contributed by atoms with E-state index in [1.165, 1.54) is 43.4 Å². The standard InChI is InChI=1S/C18H24ClN5/c19-14-10-21-24-16(22-12-4-3-11(20)9-12)13-5-8-18(6-1-2-7-18)15(13)23-17(14)24/h10-12,22H,1-9,20H2/t11-,12-/m0/s1. The van der Waals surface area contributed by atoms with Crippen LogP contribution in [0.5, 0.6) is 0 Å². The average molecular weight is 346 g/mol. The molecule has 0 radical (unpaired) electrons. The van der Waals surface area contributed by atoms with Gasteiger partial charge >= 0.3 is 0 Å². The summed E-state index contributed by atoms with van der Waals surface area (Å²) in [5.41, 5.74) is 9.85. The van der Waals surface area contributed by atoms with Crippen molar-refractivity contribution in [3.05, 3.63) is 22.5 Å². The summed E-state index contributed by atoms with van der Waals surface area (Å²) in [7, 11) is 0. The molecule has 5 rings (SSSR count). The maximum atomic E-state index is 6.39. The van der Waals surface area contributed by atoms with Crippen LogP contribution in [-0.2, 0) is 11.8 Å². The van der Waals surface area contributed by atoms with Crippen molar-refractivity contribution in [2.75, 3.05) is 5.32 Å². The number of hydrogen-bond acceptors (Lipinski definition) is 4. The summed E-state index contributed by atoms with van der Waals surface area (Å²) in [6, 6.07) is 0.744. The first kappa shape index (κ1) is 15.0. The molecule has 128 valence electrons. The number of nitrogens with one attached hydrogen (secondary N) is 1. The predicted molar refractivity (Wildman–Crippen MR) is 95.7 cm³/mol. The molecule has 6 heteroatoms. The number of rotatable bonds is 2. The summed E-state index contributed by atoms with van der Waals surface area (Å²) in [6.45, 7) is 0. The van der Waals surface area contributed by atoms with Crippen LogP contribution in [0.2, 0.25) is 5.02 Å². The van der Waals surface area contributed by atoms with Gasteiger partial charge in [0.15, 0.2) is 5.65 Å². The lowest BCUT2D eigenvalue weighted by Gasteiger charge is -2.24. The fourth-order valence-electron chi connectivity index (χ4n) is 5.19. The van der Waals surface area contributed by atoms with Gasteiger partial charge in [-0.2, -0.15) is 9.61 Å². The number of anilines is 1. The molecule has 2 saturated carbocycles. The number of aromatic nitrogens is 3. The third-order valence-corrected chi connectivity index (χ3v) is 6.70. The van der Waals surface area contributed by atoms with Crippen molar-refractivity contribution in [1.82, 2.24) is 14.6 Å². The highest BCUT2D eigenvalue weighted by atomic mass is 35.5. The number of hydrogen-bond donors (Lipinski definition) is 2. The Hall–Kier alpha value is -1.33. The van der Waals surface area contributed by atoms with E-state index in [1.807, 2.05) is 4.52 Å². The quantitative estimate of drug-likeness (QED) is 0.875. The van der Waals surface area contributed by atoms with E-state index in [9.17, 15) is 0 Å². The zero-order valence-corrected chi connectivity index (χ0v) is 14.6. The van der Waals surface area contributed by atoms with Gasteiger partial charge in [0.1, 0.15) is 10.8 Å². The molecule has 0 bridgehead atoms. The van der Waals surface area contributed by atoms with Crippen molar-refractivity contribution in [3.8, 4) is 0 Å². The second-order valence-electron chi connectivity index (χ2n) is 7.92. The summed E-state index contributed by atoms with van der Waals surface area (Å²) in [6.07, 6.45) is 12.4. The molecule has 3 aliphatic rings. The van der Waals surface area contributed by atoms with Crippen molar-refractivity contribution in [2.24, 2.45) is 5.73 Å². The fraction of sp³-hybridized carbons (Fsp3) is 0.667. The summed E-state index contributed by atoms with van der Waals surface area (Å²) in [5.74, 6) is 1.12. The SMILES string of the molecule is N[C@H]1CC[C@H](Nc2c3c(nc4c(Cl)cnn24)C2(CCCC2)CC3)C1. The van der Waals surface area contributed by atoms with E-state index in [2.05, 4.69) is 10.4 Å². The molecule has 0 unspecified atom stereocenters. The van der Waals surface area contributed by atoms with Crippen LogP contribution in [-0.4, -0.2) is 26.7 Å². The lowest BCUT2D eigenvalue weighted by molar-refractivity contribution is 0.429. The maximum Gasteiger partial charge on any atom is 0.176 e. The van der Waals surface area contributed by atoms with Gasteiger partial charge in [-0.15, -0.1) is 0 Å². The Labute approximate surface area is 147 Å². The summed E-state index contributed by atoms with van der Waals surface area (Å²) < 4.78 is 1.92. The first-order valence-electron chi connectivity index (χ1n) is 9.25. The average Bonchev–Trinajstić information content (AvgIpc) is 3.33. The van der Waals surface area contributed by atoms with Gasteiger partial charge in [-0.3, -0.25) is 0 Å². The normalized spacial score (nSPS) is 28.1. The summed E-state index contributed by atoms with van der Waals surface area (Å²) in [5, 5.41) is 8.90. The van der Waals surface area contributed by atoms with E-state index in [4.69, 9.17) is 22.3 Å². The van der Waals surface area contributed by atoms with E-state index >= 15 is 0 Å². The fourth-order valence-corrected chi connectivity index (χ4v) is 5.35. The van der Waals surface area contributed by atoms with E-state index in [-0.39, 0.29) is 5.41 Å². The topological polar surface area (TPSA) is 68.2 Å². The number of nitrogens with two attached hydrogens (primary N) is 1. The Balaban J connectivity index is 1.65. The second kappa shape index (κ2) is 5.33. The lowest BCUT2D eigenvalue weighted by Crippen LogP contribution is -2.24. The van der Waals surface area contributed by atoms with E-state index < -0.39 is 0 Å². The number of fused-ring (bicyclic) bond motifs is 3. The van der Waals surface area contributed by atoms with Crippen molar-refractivity contribution < 1.29 is 0 Å². The molecule has 24 heavy (non-hydrogen) atoms. The third-order valence-electron chi connectivity index (χ3n) is 6.43. The van der Waals surface area contributed by atoms with Crippen LogP contribution in [0.4, 0.5) is 5.82 Å². The van der Waals surface area contributed by atoms with Gasteiger partial charge in [-0.25, -0.2) is 4.98 Å². The maximum absolute atomic E-state index is 6.39. The Kier molecular flexibility index (Phi) is 3.33. The highest BCUT2D eigenvalue weighted by molar-refractivity contribution is 6.33. The van der Waals surface area contributed by atoms with E-state index in [1.54, 1.807) is 6.20 Å². The minimum Gasteiger partial charge on any atom is -0.367 e. The molecule has 0 amide bonds. The minimum atomic E-state index is 0.285. The van der Waals surface area contributed by atoms with Crippen molar-refractivity contribution in [2.45, 2.75) is 75.3 Å². The highest BCUT2D eigenvalue weighted by Gasteiger charge is 2.44. The molecule has 0 aliphatic heterocycles. The Morgan fingerprint density at radius 1 is 1.25 bits per heavy atom. The molecule has 0 aromatic carbocycles. The first-order valence-corrected chi connectivity index (χ1v) is 9.63. The van der Waals surface area contributed by atoms with Crippen molar-refractivity contribution >= 4 is 23.1 Å². The van der Waals surface area contributed by atoms with E-state index in [0.29, 0.717) is 17.1 Å². The largest absolute Gasteiger partial charge is 0.367 e. The summed E-state index contributed by atoms with van der Waals surface area (Å²) in [4.78, 5) is 5.00. The van der Waals surface area contributed by atoms with Gasteiger partial charge < -0.3 is 11.1 Å². The van der Waals surface area contributed by atoms with Crippen molar-refractivity contribution in [1.29, 1.82) is 0 Å². The highest BCUT2D eigenvalue weighted by Crippen LogP contribution is 2.51. The van der Waals surface area contributed by atoms with Crippen LogP contribution in [0.25, 0.3) is 5.65 Å². The predicted octanol–water partition coefficient (Wildman–Crippen LogP) is 3.43. The van der Waals surface area contributed by atoms with Gasteiger partial charge in [0.25, 0.3) is 0 Å². The number of nitrogens with zero attached hydrogens (tertiary/aromatic N) is 3. The van der Waals surface area contributed by atoms with E-state index in [0.717, 1.165) is 37.1 Å². The monoisotopic (exact) mass is 345 g/mol. The zero-order valence-electron chi connectivity index (χ0n) is 13.9.